The maximum absolute atomic E-state index is 5.84. The Morgan fingerprint density at radius 3 is 2.88 bits per heavy atom. The van der Waals surface area contributed by atoms with E-state index in [2.05, 4.69) is 28.9 Å². The Balaban J connectivity index is 2.15. The molecule has 0 aromatic carbocycles. The first-order valence-electron chi connectivity index (χ1n) is 6.70. The Bertz CT molecular complexity index is 345. The maximum Gasteiger partial charge on any atom is 0.128 e. The maximum atomic E-state index is 5.84. The van der Waals surface area contributed by atoms with E-state index in [1.54, 1.807) is 0 Å². The van der Waals surface area contributed by atoms with Gasteiger partial charge in [-0.3, -0.25) is 0 Å². The molecule has 94 valence electrons. The normalized spacial score (nSPS) is 22.5. The highest BCUT2D eigenvalue weighted by molar-refractivity contribution is 5.41. The van der Waals surface area contributed by atoms with E-state index in [0.29, 0.717) is 6.04 Å². The lowest BCUT2D eigenvalue weighted by atomic mass is 10.00. The highest BCUT2D eigenvalue weighted by Crippen LogP contribution is 2.25. The Labute approximate surface area is 104 Å². The monoisotopic (exact) mass is 233 g/mol. The van der Waals surface area contributed by atoms with Crippen molar-refractivity contribution in [3.63, 3.8) is 0 Å². The first kappa shape index (κ1) is 12.4. The van der Waals surface area contributed by atoms with Gasteiger partial charge in [-0.05, 0) is 44.2 Å². The quantitative estimate of drug-likeness (QED) is 0.873. The van der Waals surface area contributed by atoms with Crippen molar-refractivity contribution in [2.24, 2.45) is 5.73 Å². The summed E-state index contributed by atoms with van der Waals surface area (Å²) in [4.78, 5) is 7.02. The van der Waals surface area contributed by atoms with Gasteiger partial charge < -0.3 is 10.6 Å². The molecular formula is C14H23N3. The Hall–Kier alpha value is -1.09. The van der Waals surface area contributed by atoms with E-state index >= 15 is 0 Å². The molecular weight excluding hydrogens is 210 g/mol. The van der Waals surface area contributed by atoms with Gasteiger partial charge in [0.1, 0.15) is 5.82 Å². The first-order valence-corrected chi connectivity index (χ1v) is 6.70. The number of rotatable bonds is 3. The standard InChI is InChI=1S/C14H23N3/c1-3-13-6-4-5-9-17(13)14-8-7-12(10-16-14)11(2)15/h7-8,10-11,13H,3-6,9,15H2,1-2H3/t11-,13?/m1/s1. The van der Waals surface area contributed by atoms with Crippen molar-refractivity contribution in [3.05, 3.63) is 23.9 Å². The second-order valence-corrected chi connectivity index (χ2v) is 4.99. The fraction of sp³-hybridized carbons (Fsp3) is 0.643. The van der Waals surface area contributed by atoms with Gasteiger partial charge in [0.15, 0.2) is 0 Å². The lowest BCUT2D eigenvalue weighted by molar-refractivity contribution is 0.447. The highest BCUT2D eigenvalue weighted by Gasteiger charge is 2.21. The Morgan fingerprint density at radius 2 is 2.29 bits per heavy atom. The molecule has 2 atom stereocenters. The number of piperidine rings is 1. The molecule has 0 saturated carbocycles. The highest BCUT2D eigenvalue weighted by atomic mass is 15.2. The second kappa shape index (κ2) is 5.50. The zero-order chi connectivity index (χ0) is 12.3. The summed E-state index contributed by atoms with van der Waals surface area (Å²) in [6.45, 7) is 5.40. The van der Waals surface area contributed by atoms with Crippen LogP contribution in [-0.2, 0) is 0 Å². The average molecular weight is 233 g/mol. The number of hydrogen-bond acceptors (Lipinski definition) is 3. The topological polar surface area (TPSA) is 42.1 Å². The summed E-state index contributed by atoms with van der Waals surface area (Å²) in [5, 5.41) is 0. The van der Waals surface area contributed by atoms with Crippen LogP contribution >= 0.6 is 0 Å². The van der Waals surface area contributed by atoms with Crippen molar-refractivity contribution >= 4 is 5.82 Å². The summed E-state index contributed by atoms with van der Waals surface area (Å²) >= 11 is 0. The van der Waals surface area contributed by atoms with Crippen molar-refractivity contribution in [1.29, 1.82) is 0 Å². The van der Waals surface area contributed by atoms with Crippen LogP contribution in [0.3, 0.4) is 0 Å². The van der Waals surface area contributed by atoms with Gasteiger partial charge in [0.2, 0.25) is 0 Å². The minimum atomic E-state index is 0.0693. The van der Waals surface area contributed by atoms with Crippen molar-refractivity contribution in [3.8, 4) is 0 Å². The SMILES string of the molecule is CCC1CCCCN1c1ccc([C@@H](C)N)cn1. The number of pyridine rings is 1. The van der Waals surface area contributed by atoms with E-state index in [1.165, 1.54) is 25.7 Å². The lowest BCUT2D eigenvalue weighted by Crippen LogP contribution is -2.39. The number of aromatic nitrogens is 1. The number of anilines is 1. The number of nitrogens with two attached hydrogens (primary N) is 1. The first-order chi connectivity index (χ1) is 8.22. The van der Waals surface area contributed by atoms with Gasteiger partial charge in [-0.15, -0.1) is 0 Å². The average Bonchev–Trinajstić information content (AvgIpc) is 2.39. The third-order valence-corrected chi connectivity index (χ3v) is 3.69. The van der Waals surface area contributed by atoms with Crippen LogP contribution in [0.1, 0.15) is 51.1 Å². The van der Waals surface area contributed by atoms with Crippen LogP contribution in [-0.4, -0.2) is 17.6 Å². The van der Waals surface area contributed by atoms with Crippen LogP contribution in [0.15, 0.2) is 18.3 Å². The zero-order valence-corrected chi connectivity index (χ0v) is 10.9. The van der Waals surface area contributed by atoms with E-state index in [1.807, 2.05) is 13.1 Å². The molecule has 1 aliphatic heterocycles. The summed E-state index contributed by atoms with van der Waals surface area (Å²) in [7, 11) is 0. The molecule has 1 fully saturated rings. The van der Waals surface area contributed by atoms with Crippen LogP contribution in [0, 0.1) is 0 Å². The molecule has 1 aromatic heterocycles. The number of hydrogen-bond donors (Lipinski definition) is 1. The molecule has 1 aromatic rings. The fourth-order valence-corrected chi connectivity index (χ4v) is 2.56. The lowest BCUT2D eigenvalue weighted by Gasteiger charge is -2.36. The molecule has 3 heteroatoms. The van der Waals surface area contributed by atoms with E-state index in [0.717, 1.165) is 17.9 Å². The smallest absolute Gasteiger partial charge is 0.128 e. The summed E-state index contributed by atoms with van der Waals surface area (Å²) < 4.78 is 0. The Morgan fingerprint density at radius 1 is 1.47 bits per heavy atom. The largest absolute Gasteiger partial charge is 0.354 e. The molecule has 2 heterocycles. The van der Waals surface area contributed by atoms with E-state index in [9.17, 15) is 0 Å². The van der Waals surface area contributed by atoms with Gasteiger partial charge in [-0.1, -0.05) is 13.0 Å². The van der Waals surface area contributed by atoms with Crippen LogP contribution < -0.4 is 10.6 Å². The van der Waals surface area contributed by atoms with Crippen molar-refractivity contribution < 1.29 is 0 Å². The summed E-state index contributed by atoms with van der Waals surface area (Å²) in [5.41, 5.74) is 6.95. The predicted octanol–water partition coefficient (Wildman–Crippen LogP) is 2.87. The zero-order valence-electron chi connectivity index (χ0n) is 10.9. The van der Waals surface area contributed by atoms with Crippen LogP contribution in [0.4, 0.5) is 5.82 Å². The molecule has 17 heavy (non-hydrogen) atoms. The predicted molar refractivity (Wildman–Crippen MR) is 72.1 cm³/mol. The minimum Gasteiger partial charge on any atom is -0.354 e. The molecule has 1 aliphatic rings. The number of nitrogens with zero attached hydrogens (tertiary/aromatic N) is 2. The molecule has 2 rings (SSSR count). The molecule has 0 aliphatic carbocycles. The van der Waals surface area contributed by atoms with Crippen molar-refractivity contribution in [2.75, 3.05) is 11.4 Å². The van der Waals surface area contributed by atoms with Crippen molar-refractivity contribution in [2.45, 2.75) is 51.6 Å². The summed E-state index contributed by atoms with van der Waals surface area (Å²) in [6, 6.07) is 4.96. The van der Waals surface area contributed by atoms with Gasteiger partial charge in [0.05, 0.1) is 0 Å². The van der Waals surface area contributed by atoms with Crippen LogP contribution in [0.5, 0.6) is 0 Å². The molecule has 0 bridgehead atoms. The third-order valence-electron chi connectivity index (χ3n) is 3.69. The van der Waals surface area contributed by atoms with Crippen LogP contribution in [0.2, 0.25) is 0 Å². The van der Waals surface area contributed by atoms with Crippen molar-refractivity contribution in [1.82, 2.24) is 4.98 Å². The van der Waals surface area contributed by atoms with E-state index in [-0.39, 0.29) is 6.04 Å². The summed E-state index contributed by atoms with van der Waals surface area (Å²) in [5.74, 6) is 1.11. The summed E-state index contributed by atoms with van der Waals surface area (Å²) in [6.07, 6.45) is 7.06. The van der Waals surface area contributed by atoms with E-state index < -0.39 is 0 Å². The Kier molecular flexibility index (Phi) is 4.00. The molecule has 0 radical (unpaired) electrons. The van der Waals surface area contributed by atoms with Gasteiger partial charge in [-0.25, -0.2) is 4.98 Å². The van der Waals surface area contributed by atoms with Gasteiger partial charge in [-0.2, -0.15) is 0 Å². The molecule has 3 nitrogen and oxygen atoms in total. The van der Waals surface area contributed by atoms with E-state index in [4.69, 9.17) is 5.73 Å². The van der Waals surface area contributed by atoms with Gasteiger partial charge in [0.25, 0.3) is 0 Å². The molecule has 0 spiro atoms. The van der Waals surface area contributed by atoms with Crippen LogP contribution in [0.25, 0.3) is 0 Å². The molecule has 0 amide bonds. The fourth-order valence-electron chi connectivity index (χ4n) is 2.56. The molecule has 1 unspecified atom stereocenters. The molecule has 2 N–H and O–H groups in total. The minimum absolute atomic E-state index is 0.0693. The van der Waals surface area contributed by atoms with Gasteiger partial charge in [0, 0.05) is 24.8 Å². The molecule has 1 saturated heterocycles. The third kappa shape index (κ3) is 2.78. The van der Waals surface area contributed by atoms with Gasteiger partial charge >= 0.3 is 0 Å². The second-order valence-electron chi connectivity index (χ2n) is 4.99.